The number of carbonyl (C=O) groups is 2. The topological polar surface area (TPSA) is 70.7 Å². The molecule has 1 aliphatic rings. The van der Waals surface area contributed by atoms with Crippen LogP contribution >= 0.6 is 0 Å². The fourth-order valence-corrected chi connectivity index (χ4v) is 2.18. The number of alkyl halides is 3. The first kappa shape index (κ1) is 18.7. The maximum absolute atomic E-state index is 11.9. The van der Waals surface area contributed by atoms with Gasteiger partial charge < -0.3 is 20.3 Å². The molecule has 1 aliphatic heterocycles. The van der Waals surface area contributed by atoms with Gasteiger partial charge in [-0.15, -0.1) is 0 Å². The van der Waals surface area contributed by atoms with Crippen LogP contribution in [0.15, 0.2) is 0 Å². The highest BCUT2D eigenvalue weighted by Crippen LogP contribution is 2.16. The normalized spacial score (nSPS) is 17.3. The smallest absolute Gasteiger partial charge is 0.352 e. The minimum Gasteiger partial charge on any atom is -0.352 e. The minimum absolute atomic E-state index is 0.114. The summed E-state index contributed by atoms with van der Waals surface area (Å²) in [4.78, 5) is 25.5. The average Bonchev–Trinajstić information content (AvgIpc) is 2.48. The Balaban J connectivity index is 2.12. The summed E-state index contributed by atoms with van der Waals surface area (Å²) in [5, 5.41) is 4.64. The van der Waals surface area contributed by atoms with Crippen molar-refractivity contribution in [1.82, 2.24) is 15.5 Å². The number of likely N-dealkylation sites (tertiary alicyclic amines) is 1. The summed E-state index contributed by atoms with van der Waals surface area (Å²) in [6.07, 6.45) is -2.93. The summed E-state index contributed by atoms with van der Waals surface area (Å²) in [5.41, 5.74) is 0. The molecule has 1 rings (SSSR count). The van der Waals surface area contributed by atoms with E-state index in [-0.39, 0.29) is 18.4 Å². The summed E-state index contributed by atoms with van der Waals surface area (Å²) in [6, 6.07) is 0. The molecule has 2 amide bonds. The number of ether oxygens (including phenoxy) is 1. The van der Waals surface area contributed by atoms with E-state index in [9.17, 15) is 22.8 Å². The Labute approximate surface area is 127 Å². The SMILES string of the molecule is CCN1CCC(C(=O)NCC(=O)NCOCC(F)(F)F)CC1. The first-order valence-corrected chi connectivity index (χ1v) is 7.23. The van der Waals surface area contributed by atoms with Crippen LogP contribution in [-0.2, 0) is 14.3 Å². The molecule has 0 atom stereocenters. The van der Waals surface area contributed by atoms with E-state index in [0.717, 1.165) is 32.5 Å². The van der Waals surface area contributed by atoms with Gasteiger partial charge in [-0.25, -0.2) is 0 Å². The Bertz CT molecular complexity index is 369. The van der Waals surface area contributed by atoms with E-state index in [0.29, 0.717) is 0 Å². The number of hydrogen-bond donors (Lipinski definition) is 2. The minimum atomic E-state index is -4.42. The fraction of sp³-hybridized carbons (Fsp3) is 0.846. The third-order valence-corrected chi connectivity index (χ3v) is 3.47. The predicted octanol–water partition coefficient (Wildman–Crippen LogP) is 0.487. The van der Waals surface area contributed by atoms with Gasteiger partial charge in [0.05, 0.1) is 6.54 Å². The molecule has 0 saturated carbocycles. The van der Waals surface area contributed by atoms with Crippen LogP contribution in [0.4, 0.5) is 13.2 Å². The van der Waals surface area contributed by atoms with Crippen LogP contribution in [0, 0.1) is 5.92 Å². The average molecular weight is 325 g/mol. The number of rotatable bonds is 7. The van der Waals surface area contributed by atoms with Crippen molar-refractivity contribution in [3.05, 3.63) is 0 Å². The second kappa shape index (κ2) is 8.94. The van der Waals surface area contributed by atoms with E-state index in [4.69, 9.17) is 0 Å². The molecule has 0 bridgehead atoms. The summed E-state index contributed by atoms with van der Waals surface area (Å²) >= 11 is 0. The summed E-state index contributed by atoms with van der Waals surface area (Å²) in [5.74, 6) is -0.888. The molecular weight excluding hydrogens is 303 g/mol. The van der Waals surface area contributed by atoms with Crippen molar-refractivity contribution in [3.8, 4) is 0 Å². The van der Waals surface area contributed by atoms with E-state index in [1.165, 1.54) is 0 Å². The molecule has 0 unspecified atom stereocenters. The van der Waals surface area contributed by atoms with E-state index in [1.807, 2.05) is 0 Å². The van der Waals surface area contributed by atoms with E-state index in [2.05, 4.69) is 27.2 Å². The van der Waals surface area contributed by atoms with Crippen molar-refractivity contribution in [2.45, 2.75) is 25.9 Å². The Hall–Kier alpha value is -1.35. The van der Waals surface area contributed by atoms with Gasteiger partial charge in [0.2, 0.25) is 11.8 Å². The molecule has 128 valence electrons. The molecule has 1 fully saturated rings. The largest absolute Gasteiger partial charge is 0.411 e. The van der Waals surface area contributed by atoms with Crippen LogP contribution in [-0.4, -0.2) is 62.4 Å². The van der Waals surface area contributed by atoms with Gasteiger partial charge in [-0.2, -0.15) is 13.2 Å². The van der Waals surface area contributed by atoms with E-state index in [1.54, 1.807) is 0 Å². The van der Waals surface area contributed by atoms with Crippen LogP contribution < -0.4 is 10.6 Å². The summed E-state index contributed by atoms with van der Waals surface area (Å²) in [6.45, 7) is 2.50. The molecule has 9 heteroatoms. The van der Waals surface area contributed by atoms with Gasteiger partial charge in [0.15, 0.2) is 0 Å². The fourth-order valence-electron chi connectivity index (χ4n) is 2.18. The third-order valence-electron chi connectivity index (χ3n) is 3.47. The molecule has 2 N–H and O–H groups in total. The number of nitrogens with zero attached hydrogens (tertiary/aromatic N) is 1. The number of halogens is 3. The van der Waals surface area contributed by atoms with Crippen LogP contribution in [0.1, 0.15) is 19.8 Å². The summed E-state index contributed by atoms with van der Waals surface area (Å²) < 4.78 is 39.6. The zero-order valence-electron chi connectivity index (χ0n) is 12.5. The van der Waals surface area contributed by atoms with Crippen LogP contribution in [0.25, 0.3) is 0 Å². The van der Waals surface area contributed by atoms with Gasteiger partial charge in [-0.05, 0) is 32.5 Å². The lowest BCUT2D eigenvalue weighted by Gasteiger charge is -2.30. The van der Waals surface area contributed by atoms with Crippen molar-refractivity contribution >= 4 is 11.8 Å². The molecule has 0 aromatic rings. The molecule has 0 aromatic heterocycles. The highest BCUT2D eigenvalue weighted by Gasteiger charge is 2.27. The van der Waals surface area contributed by atoms with E-state index >= 15 is 0 Å². The van der Waals surface area contributed by atoms with Crippen molar-refractivity contribution in [2.24, 2.45) is 5.92 Å². The maximum Gasteiger partial charge on any atom is 0.411 e. The molecule has 6 nitrogen and oxygen atoms in total. The zero-order chi connectivity index (χ0) is 16.6. The molecular formula is C13H22F3N3O3. The van der Waals surface area contributed by atoms with Crippen LogP contribution in [0.5, 0.6) is 0 Å². The lowest BCUT2D eigenvalue weighted by atomic mass is 9.96. The van der Waals surface area contributed by atoms with Crippen LogP contribution in [0.2, 0.25) is 0 Å². The Morgan fingerprint density at radius 1 is 1.23 bits per heavy atom. The summed E-state index contributed by atoms with van der Waals surface area (Å²) in [7, 11) is 0. The number of amides is 2. The first-order chi connectivity index (χ1) is 10.3. The molecule has 0 radical (unpaired) electrons. The van der Waals surface area contributed by atoms with Gasteiger partial charge in [0.1, 0.15) is 13.3 Å². The highest BCUT2D eigenvalue weighted by atomic mass is 19.4. The first-order valence-electron chi connectivity index (χ1n) is 7.23. The zero-order valence-corrected chi connectivity index (χ0v) is 12.5. The predicted molar refractivity (Wildman–Crippen MR) is 72.9 cm³/mol. The molecule has 22 heavy (non-hydrogen) atoms. The quantitative estimate of drug-likeness (QED) is 0.528. The van der Waals surface area contributed by atoms with Gasteiger partial charge in [0, 0.05) is 5.92 Å². The third kappa shape index (κ3) is 7.60. The van der Waals surface area contributed by atoms with Gasteiger partial charge >= 0.3 is 6.18 Å². The van der Waals surface area contributed by atoms with Crippen molar-refractivity contribution in [2.75, 3.05) is 39.5 Å². The molecule has 0 aromatic carbocycles. The maximum atomic E-state index is 11.9. The lowest BCUT2D eigenvalue weighted by Crippen LogP contribution is -2.44. The number of hydrogen-bond acceptors (Lipinski definition) is 4. The highest BCUT2D eigenvalue weighted by molar-refractivity contribution is 5.85. The monoisotopic (exact) mass is 325 g/mol. The Morgan fingerprint density at radius 2 is 1.86 bits per heavy atom. The van der Waals surface area contributed by atoms with Crippen molar-refractivity contribution < 1.29 is 27.5 Å². The number of piperidine rings is 1. The van der Waals surface area contributed by atoms with Gasteiger partial charge in [-0.1, -0.05) is 6.92 Å². The van der Waals surface area contributed by atoms with E-state index < -0.39 is 25.4 Å². The standard InChI is InChI=1S/C13H22F3N3O3/c1-2-19-5-3-10(4-6-19)12(21)17-7-11(20)18-9-22-8-13(14,15)16/h10H,2-9H2,1H3,(H,17,21)(H,18,20). The van der Waals surface area contributed by atoms with Crippen LogP contribution in [0.3, 0.4) is 0 Å². The van der Waals surface area contributed by atoms with Crippen molar-refractivity contribution in [1.29, 1.82) is 0 Å². The Morgan fingerprint density at radius 3 is 2.41 bits per heavy atom. The van der Waals surface area contributed by atoms with Gasteiger partial charge in [0.25, 0.3) is 0 Å². The molecule has 0 aliphatic carbocycles. The number of carbonyl (C=O) groups excluding carboxylic acids is 2. The second-order valence-electron chi connectivity index (χ2n) is 5.13. The molecule has 1 saturated heterocycles. The second-order valence-corrected chi connectivity index (χ2v) is 5.13. The molecule has 1 heterocycles. The van der Waals surface area contributed by atoms with Crippen molar-refractivity contribution in [3.63, 3.8) is 0 Å². The Kier molecular flexibility index (Phi) is 7.60. The lowest BCUT2D eigenvalue weighted by molar-refractivity contribution is -0.176. The van der Waals surface area contributed by atoms with Gasteiger partial charge in [-0.3, -0.25) is 9.59 Å². The molecule has 0 spiro atoms. The number of nitrogens with one attached hydrogen (secondary N) is 2.